The van der Waals surface area contributed by atoms with E-state index in [9.17, 15) is 0 Å². The van der Waals surface area contributed by atoms with Gasteiger partial charge in [0.25, 0.3) is 0 Å². The highest BCUT2D eigenvalue weighted by molar-refractivity contribution is 4.85. The van der Waals surface area contributed by atoms with Gasteiger partial charge in [-0.25, -0.2) is 0 Å². The first-order chi connectivity index (χ1) is 10.3. The van der Waals surface area contributed by atoms with Crippen LogP contribution in [-0.2, 0) is 9.47 Å². The molecule has 0 aromatic rings. The first-order valence-corrected chi connectivity index (χ1v) is 9.06. The average molecular weight is 296 g/mol. The molecule has 3 fully saturated rings. The first kappa shape index (κ1) is 15.7. The van der Waals surface area contributed by atoms with Gasteiger partial charge in [0.2, 0.25) is 0 Å². The summed E-state index contributed by atoms with van der Waals surface area (Å²) in [6.45, 7) is 7.58. The van der Waals surface area contributed by atoms with Crippen molar-refractivity contribution in [2.24, 2.45) is 0 Å². The maximum Gasteiger partial charge on any atom is 0.0707 e. The zero-order chi connectivity index (χ0) is 14.5. The molecular formula is C17H32N2O2. The summed E-state index contributed by atoms with van der Waals surface area (Å²) in [5.41, 5.74) is 0. The summed E-state index contributed by atoms with van der Waals surface area (Å²) in [6, 6.07) is 0.797. The molecule has 2 heterocycles. The van der Waals surface area contributed by atoms with Crippen molar-refractivity contribution in [3.05, 3.63) is 0 Å². The molecule has 3 atom stereocenters. The van der Waals surface area contributed by atoms with Gasteiger partial charge in [-0.2, -0.15) is 0 Å². The van der Waals surface area contributed by atoms with Crippen molar-refractivity contribution < 1.29 is 9.47 Å². The Balaban J connectivity index is 1.33. The second-order valence-corrected chi connectivity index (χ2v) is 7.03. The van der Waals surface area contributed by atoms with Crippen molar-refractivity contribution in [3.8, 4) is 0 Å². The lowest BCUT2D eigenvalue weighted by Crippen LogP contribution is -2.43. The number of nitrogens with one attached hydrogen (secondary N) is 1. The summed E-state index contributed by atoms with van der Waals surface area (Å²) >= 11 is 0. The molecule has 0 aromatic carbocycles. The van der Waals surface area contributed by atoms with Gasteiger partial charge in [-0.15, -0.1) is 0 Å². The topological polar surface area (TPSA) is 33.7 Å². The quantitative estimate of drug-likeness (QED) is 0.744. The number of hydrogen-bond acceptors (Lipinski definition) is 4. The van der Waals surface area contributed by atoms with Crippen LogP contribution >= 0.6 is 0 Å². The second-order valence-electron chi connectivity index (χ2n) is 7.03. The molecule has 2 saturated heterocycles. The molecule has 0 spiro atoms. The molecule has 3 aliphatic rings. The van der Waals surface area contributed by atoms with Gasteiger partial charge in [-0.1, -0.05) is 6.92 Å². The van der Waals surface area contributed by atoms with E-state index < -0.39 is 0 Å². The van der Waals surface area contributed by atoms with Crippen LogP contribution in [0.2, 0.25) is 0 Å². The zero-order valence-electron chi connectivity index (χ0n) is 13.6. The fourth-order valence-corrected chi connectivity index (χ4v) is 3.54. The number of nitrogens with zero attached hydrogens (tertiary/aromatic N) is 1. The molecule has 2 aliphatic heterocycles. The molecular weight excluding hydrogens is 264 g/mol. The molecule has 0 aromatic heterocycles. The minimum atomic E-state index is 0.445. The lowest BCUT2D eigenvalue weighted by atomic mass is 10.1. The van der Waals surface area contributed by atoms with Crippen molar-refractivity contribution in [2.75, 3.05) is 32.8 Å². The highest BCUT2D eigenvalue weighted by Crippen LogP contribution is 2.24. The maximum absolute atomic E-state index is 6.21. The van der Waals surface area contributed by atoms with Gasteiger partial charge in [0.1, 0.15) is 0 Å². The van der Waals surface area contributed by atoms with Crippen molar-refractivity contribution in [1.29, 1.82) is 0 Å². The fourth-order valence-electron chi connectivity index (χ4n) is 3.54. The van der Waals surface area contributed by atoms with Crippen LogP contribution in [0.1, 0.15) is 51.9 Å². The molecule has 0 radical (unpaired) electrons. The number of hydrogen-bond donors (Lipinski definition) is 1. The first-order valence-electron chi connectivity index (χ1n) is 9.06. The lowest BCUT2D eigenvalue weighted by molar-refractivity contribution is -0.0245. The Hall–Kier alpha value is -0.160. The van der Waals surface area contributed by atoms with Crippen LogP contribution in [0.4, 0.5) is 0 Å². The Kier molecular flexibility index (Phi) is 5.92. The molecule has 0 bridgehead atoms. The average Bonchev–Trinajstić information content (AvgIpc) is 3.23. The number of likely N-dealkylation sites (tertiary alicyclic amines) is 1. The van der Waals surface area contributed by atoms with E-state index in [1.807, 2.05) is 0 Å². The van der Waals surface area contributed by atoms with Crippen molar-refractivity contribution in [1.82, 2.24) is 10.2 Å². The summed E-state index contributed by atoms with van der Waals surface area (Å²) in [7, 11) is 0. The molecule has 21 heavy (non-hydrogen) atoms. The third-order valence-electron chi connectivity index (χ3n) is 4.89. The molecule has 4 nitrogen and oxygen atoms in total. The Morgan fingerprint density at radius 3 is 2.81 bits per heavy atom. The van der Waals surface area contributed by atoms with E-state index in [0.29, 0.717) is 18.3 Å². The Morgan fingerprint density at radius 2 is 2.00 bits per heavy atom. The van der Waals surface area contributed by atoms with Crippen LogP contribution in [0.25, 0.3) is 0 Å². The van der Waals surface area contributed by atoms with Crippen molar-refractivity contribution >= 4 is 0 Å². The number of piperidine rings is 1. The normalized spacial score (nSPS) is 34.4. The van der Waals surface area contributed by atoms with Crippen LogP contribution in [0, 0.1) is 0 Å². The minimum Gasteiger partial charge on any atom is -0.377 e. The molecule has 3 unspecified atom stereocenters. The van der Waals surface area contributed by atoms with Crippen LogP contribution < -0.4 is 5.32 Å². The largest absolute Gasteiger partial charge is 0.377 e. The third-order valence-corrected chi connectivity index (χ3v) is 4.89. The van der Waals surface area contributed by atoms with E-state index in [1.165, 1.54) is 45.1 Å². The van der Waals surface area contributed by atoms with E-state index in [4.69, 9.17) is 9.47 Å². The Labute approximate surface area is 129 Å². The molecule has 1 N–H and O–H groups in total. The monoisotopic (exact) mass is 296 g/mol. The van der Waals surface area contributed by atoms with Gasteiger partial charge < -0.3 is 14.8 Å². The molecule has 0 amide bonds. The van der Waals surface area contributed by atoms with Crippen molar-refractivity contribution in [3.63, 3.8) is 0 Å². The van der Waals surface area contributed by atoms with Crippen LogP contribution in [0.3, 0.4) is 0 Å². The SMILES string of the molecule is CCCOC1CCCN(CC2CCC(CNC3CC3)O2)C1. The molecule has 1 aliphatic carbocycles. The zero-order valence-corrected chi connectivity index (χ0v) is 13.6. The van der Waals surface area contributed by atoms with Gasteiger partial charge in [0, 0.05) is 32.3 Å². The van der Waals surface area contributed by atoms with Crippen molar-refractivity contribution in [2.45, 2.75) is 76.2 Å². The summed E-state index contributed by atoms with van der Waals surface area (Å²) in [5.74, 6) is 0. The highest BCUT2D eigenvalue weighted by atomic mass is 16.5. The predicted octanol–water partition coefficient (Wildman–Crippen LogP) is 2.18. The second kappa shape index (κ2) is 7.91. The van der Waals surface area contributed by atoms with Gasteiger partial charge in [-0.05, 0) is 51.5 Å². The highest BCUT2D eigenvalue weighted by Gasteiger charge is 2.30. The third kappa shape index (κ3) is 5.20. The van der Waals surface area contributed by atoms with Crippen LogP contribution in [0.5, 0.6) is 0 Å². The Morgan fingerprint density at radius 1 is 1.14 bits per heavy atom. The fraction of sp³-hybridized carbons (Fsp3) is 1.00. The van der Waals surface area contributed by atoms with E-state index >= 15 is 0 Å². The predicted molar refractivity (Wildman–Crippen MR) is 84.6 cm³/mol. The summed E-state index contributed by atoms with van der Waals surface area (Å²) in [6.07, 6.45) is 10.2. The van der Waals surface area contributed by atoms with Gasteiger partial charge in [0.05, 0.1) is 18.3 Å². The van der Waals surface area contributed by atoms with E-state index in [-0.39, 0.29) is 0 Å². The number of ether oxygens (including phenoxy) is 2. The molecule has 122 valence electrons. The Bertz CT molecular complexity index is 309. The standard InChI is InChI=1S/C17H32N2O2/c1-2-10-20-16-4-3-9-19(12-16)13-17-8-7-15(21-17)11-18-14-5-6-14/h14-18H,2-13H2,1H3. The van der Waals surface area contributed by atoms with E-state index in [2.05, 4.69) is 17.1 Å². The maximum atomic E-state index is 6.21. The van der Waals surface area contributed by atoms with Gasteiger partial charge in [0.15, 0.2) is 0 Å². The molecule has 3 rings (SSSR count). The minimum absolute atomic E-state index is 0.445. The summed E-state index contributed by atoms with van der Waals surface area (Å²) < 4.78 is 12.1. The summed E-state index contributed by atoms with van der Waals surface area (Å²) in [5, 5.41) is 3.59. The van der Waals surface area contributed by atoms with Crippen LogP contribution in [0.15, 0.2) is 0 Å². The van der Waals surface area contributed by atoms with Crippen LogP contribution in [-0.4, -0.2) is 62.0 Å². The van der Waals surface area contributed by atoms with Gasteiger partial charge >= 0.3 is 0 Å². The smallest absolute Gasteiger partial charge is 0.0707 e. The van der Waals surface area contributed by atoms with Gasteiger partial charge in [-0.3, -0.25) is 4.90 Å². The molecule has 4 heteroatoms. The number of rotatable bonds is 8. The van der Waals surface area contributed by atoms with E-state index in [0.717, 1.165) is 38.7 Å². The molecule has 1 saturated carbocycles. The van der Waals surface area contributed by atoms with E-state index in [1.54, 1.807) is 0 Å². The summed E-state index contributed by atoms with van der Waals surface area (Å²) in [4.78, 5) is 2.56. The lowest BCUT2D eigenvalue weighted by Gasteiger charge is -2.34.